The van der Waals surface area contributed by atoms with Crippen molar-refractivity contribution in [3.8, 4) is 11.8 Å². The molecule has 13 heteroatoms. The molecule has 2 rings (SSSR count). The molecule has 0 aromatic carbocycles. The minimum atomic E-state index is -3.61. The van der Waals surface area contributed by atoms with Crippen LogP contribution in [0.1, 0.15) is 32.6 Å². The monoisotopic (exact) mass is 474 g/mol. The van der Waals surface area contributed by atoms with Gasteiger partial charge in [0, 0.05) is 31.0 Å². The van der Waals surface area contributed by atoms with E-state index in [0.29, 0.717) is 37.0 Å². The number of ether oxygens (including phenoxy) is 2. The van der Waals surface area contributed by atoms with Gasteiger partial charge in [0.1, 0.15) is 5.75 Å². The molecule has 1 atom stereocenters. The SMILES string of the molecule is C=CS(=O)(=O)CC(=O)NCC1CCC(C(=O)OC(C)OC(=O)On2c(O)ccc2O)CC1. The van der Waals surface area contributed by atoms with Gasteiger partial charge < -0.3 is 25.0 Å². The fraction of sp³-hybridized carbons (Fsp3) is 0.526. The van der Waals surface area contributed by atoms with Gasteiger partial charge in [-0.15, -0.1) is 4.73 Å². The zero-order valence-electron chi connectivity index (χ0n) is 17.4. The van der Waals surface area contributed by atoms with Crippen LogP contribution in [0, 0.1) is 11.8 Å². The molecule has 178 valence electrons. The van der Waals surface area contributed by atoms with Crippen LogP contribution in [0.2, 0.25) is 0 Å². The summed E-state index contributed by atoms with van der Waals surface area (Å²) >= 11 is 0. The van der Waals surface area contributed by atoms with Crippen molar-refractivity contribution in [3.63, 3.8) is 0 Å². The predicted molar refractivity (Wildman–Crippen MR) is 109 cm³/mol. The molecule has 32 heavy (non-hydrogen) atoms. The number of nitrogens with one attached hydrogen (secondary N) is 1. The summed E-state index contributed by atoms with van der Waals surface area (Å²) in [6.45, 7) is 4.77. The third-order valence-electron chi connectivity index (χ3n) is 4.86. The normalized spacial score (nSPS) is 19.4. The van der Waals surface area contributed by atoms with Gasteiger partial charge in [0.25, 0.3) is 0 Å². The fourth-order valence-electron chi connectivity index (χ4n) is 3.16. The molecule has 12 nitrogen and oxygen atoms in total. The maximum absolute atomic E-state index is 12.3. The lowest BCUT2D eigenvalue weighted by Gasteiger charge is -2.28. The highest BCUT2D eigenvalue weighted by molar-refractivity contribution is 7.94. The van der Waals surface area contributed by atoms with E-state index in [-0.39, 0.29) is 5.92 Å². The highest BCUT2D eigenvalue weighted by atomic mass is 32.2. The highest BCUT2D eigenvalue weighted by Gasteiger charge is 2.29. The number of carbonyl (C=O) groups is 3. The zero-order chi connectivity index (χ0) is 23.9. The van der Waals surface area contributed by atoms with Gasteiger partial charge in [-0.2, -0.15) is 0 Å². The molecule has 1 aromatic heterocycles. The molecule has 1 amide bonds. The molecule has 1 heterocycles. The van der Waals surface area contributed by atoms with Gasteiger partial charge in [-0.3, -0.25) is 14.4 Å². The second kappa shape index (κ2) is 10.9. The Morgan fingerprint density at radius 2 is 1.78 bits per heavy atom. The zero-order valence-corrected chi connectivity index (χ0v) is 18.2. The Morgan fingerprint density at radius 1 is 1.19 bits per heavy atom. The van der Waals surface area contributed by atoms with Gasteiger partial charge in [-0.05, 0) is 31.6 Å². The summed E-state index contributed by atoms with van der Waals surface area (Å²) in [5, 5.41) is 22.1. The van der Waals surface area contributed by atoms with Gasteiger partial charge >= 0.3 is 12.1 Å². The predicted octanol–water partition coefficient (Wildman–Crippen LogP) is 0.835. The summed E-state index contributed by atoms with van der Waals surface area (Å²) in [6, 6.07) is 2.19. The Labute approximate surface area is 184 Å². The molecule has 0 radical (unpaired) electrons. The first-order chi connectivity index (χ1) is 15.0. The lowest BCUT2D eigenvalue weighted by atomic mass is 9.82. The standard InChI is InChI=1S/C19H26N2O10S/c1-3-32(27,28)11-15(22)20-10-13-4-6-14(7-5-13)18(25)29-12(2)30-19(26)31-21-16(23)8-9-17(21)24/h3,8-9,12-14,23-24H,1,4-7,10-11H2,2H3,(H,20,22). The fourth-order valence-corrected chi connectivity index (χ4v) is 3.75. The maximum Gasteiger partial charge on any atom is 0.537 e. The summed E-state index contributed by atoms with van der Waals surface area (Å²) in [4.78, 5) is 40.3. The van der Waals surface area contributed by atoms with Crippen molar-refractivity contribution in [1.29, 1.82) is 0 Å². The lowest BCUT2D eigenvalue weighted by Crippen LogP contribution is -2.36. The first-order valence-electron chi connectivity index (χ1n) is 9.81. The highest BCUT2D eigenvalue weighted by Crippen LogP contribution is 2.29. The van der Waals surface area contributed by atoms with Crippen molar-refractivity contribution in [2.24, 2.45) is 11.8 Å². The molecule has 3 N–H and O–H groups in total. The Morgan fingerprint density at radius 3 is 2.34 bits per heavy atom. The van der Waals surface area contributed by atoms with E-state index >= 15 is 0 Å². The lowest BCUT2D eigenvalue weighted by molar-refractivity contribution is -0.174. The first kappa shape index (κ1) is 25.0. The number of nitrogens with zero attached hydrogens (tertiary/aromatic N) is 1. The summed E-state index contributed by atoms with van der Waals surface area (Å²) in [6.07, 6.45) is -0.335. The third kappa shape index (κ3) is 7.48. The molecule has 1 saturated carbocycles. The minimum absolute atomic E-state index is 0.0972. The van der Waals surface area contributed by atoms with Crippen LogP contribution in [0.5, 0.6) is 11.8 Å². The number of sulfone groups is 1. The van der Waals surface area contributed by atoms with Crippen LogP contribution in [-0.2, 0) is 28.9 Å². The average Bonchev–Trinajstić information content (AvgIpc) is 3.04. The number of aromatic hydroxyl groups is 2. The summed E-state index contributed by atoms with van der Waals surface area (Å²) in [5.41, 5.74) is 0. The van der Waals surface area contributed by atoms with Crippen molar-refractivity contribution in [3.05, 3.63) is 24.1 Å². The molecular weight excluding hydrogens is 448 g/mol. The molecule has 1 unspecified atom stereocenters. The van der Waals surface area contributed by atoms with Gasteiger partial charge in [-0.25, -0.2) is 13.2 Å². The topological polar surface area (TPSA) is 170 Å². The second-order valence-corrected chi connectivity index (χ2v) is 9.25. The van der Waals surface area contributed by atoms with Crippen molar-refractivity contribution >= 4 is 27.9 Å². The van der Waals surface area contributed by atoms with Gasteiger partial charge in [0.05, 0.1) is 5.92 Å². The van der Waals surface area contributed by atoms with Crippen molar-refractivity contribution in [2.45, 2.75) is 38.9 Å². The Kier molecular flexibility index (Phi) is 8.52. The molecule has 1 aliphatic carbocycles. The van der Waals surface area contributed by atoms with Crippen molar-refractivity contribution in [1.82, 2.24) is 10.0 Å². The molecule has 0 saturated heterocycles. The number of hydrogen-bond acceptors (Lipinski definition) is 10. The Balaban J connectivity index is 1.70. The van der Waals surface area contributed by atoms with Gasteiger partial charge in [-0.1, -0.05) is 6.58 Å². The van der Waals surface area contributed by atoms with Crippen molar-refractivity contribution in [2.75, 3.05) is 12.3 Å². The van der Waals surface area contributed by atoms with Crippen LogP contribution < -0.4 is 10.2 Å². The number of amides is 1. The van der Waals surface area contributed by atoms with Crippen molar-refractivity contribution < 1.29 is 47.3 Å². The largest absolute Gasteiger partial charge is 0.537 e. The number of hydrogen-bond donors (Lipinski definition) is 3. The molecule has 0 spiro atoms. The molecule has 1 aliphatic rings. The van der Waals surface area contributed by atoms with Crippen LogP contribution in [0.4, 0.5) is 4.79 Å². The average molecular weight is 474 g/mol. The molecule has 1 fully saturated rings. The van der Waals surface area contributed by atoms with Crippen LogP contribution in [-0.4, -0.2) is 60.0 Å². The Bertz CT molecular complexity index is 928. The van der Waals surface area contributed by atoms with E-state index in [4.69, 9.17) is 9.47 Å². The van der Waals surface area contributed by atoms with E-state index in [9.17, 15) is 33.0 Å². The van der Waals surface area contributed by atoms with E-state index in [1.165, 1.54) is 6.92 Å². The number of carbonyl (C=O) groups excluding carboxylic acids is 3. The first-order valence-corrected chi connectivity index (χ1v) is 11.5. The van der Waals surface area contributed by atoms with Crippen LogP contribution >= 0.6 is 0 Å². The van der Waals surface area contributed by atoms with Gasteiger partial charge in [0.2, 0.25) is 24.0 Å². The molecular formula is C19H26N2O10S. The third-order valence-corrected chi connectivity index (χ3v) is 6.03. The van der Waals surface area contributed by atoms with Gasteiger partial charge in [0.15, 0.2) is 9.84 Å². The minimum Gasteiger partial charge on any atom is -0.492 e. The van der Waals surface area contributed by atoms with E-state index in [0.717, 1.165) is 17.5 Å². The van der Waals surface area contributed by atoms with E-state index in [2.05, 4.69) is 16.7 Å². The molecule has 0 bridgehead atoms. The smallest absolute Gasteiger partial charge is 0.492 e. The second-order valence-electron chi connectivity index (χ2n) is 7.30. The van der Waals surface area contributed by atoms with Crippen LogP contribution in [0.25, 0.3) is 0 Å². The van der Waals surface area contributed by atoms with E-state index in [1.807, 2.05) is 0 Å². The van der Waals surface area contributed by atoms with Crippen LogP contribution in [0.3, 0.4) is 0 Å². The Hall–Kier alpha value is -3.22. The summed E-state index contributed by atoms with van der Waals surface area (Å²) in [7, 11) is -3.61. The van der Waals surface area contributed by atoms with E-state index in [1.54, 1.807) is 0 Å². The quantitative estimate of drug-likeness (QED) is 0.344. The van der Waals surface area contributed by atoms with E-state index < -0.39 is 57.6 Å². The van der Waals surface area contributed by atoms with Crippen LogP contribution in [0.15, 0.2) is 24.1 Å². The number of esters is 1. The summed E-state index contributed by atoms with van der Waals surface area (Å²) < 4.78 is 33.0. The molecule has 0 aliphatic heterocycles. The number of rotatable bonds is 9. The maximum atomic E-state index is 12.3. The molecule has 1 aromatic rings. The summed E-state index contributed by atoms with van der Waals surface area (Å²) in [5.74, 6) is -3.19. The number of aromatic nitrogens is 1.